The molecule has 0 spiro atoms. The Morgan fingerprint density at radius 3 is 2.17 bits per heavy atom. The largest absolute Gasteiger partial charge is 0.462 e. The van der Waals surface area contributed by atoms with Crippen molar-refractivity contribution in [3.8, 4) is 0 Å². The summed E-state index contributed by atoms with van der Waals surface area (Å²) in [5, 5.41) is 0. The second kappa shape index (κ2) is 18.4. The van der Waals surface area contributed by atoms with E-state index in [1.807, 2.05) is 0 Å². The van der Waals surface area contributed by atoms with Crippen molar-refractivity contribution in [3.05, 3.63) is 11.6 Å². The van der Waals surface area contributed by atoms with Crippen molar-refractivity contribution in [1.29, 1.82) is 0 Å². The van der Waals surface area contributed by atoms with Crippen LogP contribution in [0.1, 0.15) is 203 Å². The minimum absolute atomic E-state index is 0.0830. The summed E-state index contributed by atoms with van der Waals surface area (Å²) >= 11 is 0. The first-order valence-electron chi connectivity index (χ1n) is 21.4. The van der Waals surface area contributed by atoms with Crippen molar-refractivity contribution < 1.29 is 9.53 Å². The molecule has 0 heterocycles. The predicted octanol–water partition coefficient (Wildman–Crippen LogP) is 13.9. The fourth-order valence-electron chi connectivity index (χ4n) is 11.9. The van der Waals surface area contributed by atoms with Gasteiger partial charge in [0.05, 0.1) is 5.92 Å². The van der Waals surface area contributed by atoms with Gasteiger partial charge in [-0.3, -0.25) is 4.79 Å². The van der Waals surface area contributed by atoms with Gasteiger partial charge in [0.1, 0.15) is 6.10 Å². The average Bonchev–Trinajstić information content (AvgIpc) is 3.39. The summed E-state index contributed by atoms with van der Waals surface area (Å²) < 4.78 is 6.51. The van der Waals surface area contributed by atoms with Crippen LogP contribution in [0.25, 0.3) is 0 Å². The molecule has 0 saturated heterocycles. The summed E-state index contributed by atoms with van der Waals surface area (Å²) in [6, 6.07) is 0. The van der Waals surface area contributed by atoms with E-state index in [2.05, 4.69) is 61.5 Å². The van der Waals surface area contributed by atoms with E-state index in [-0.39, 0.29) is 18.0 Å². The second-order valence-corrected chi connectivity index (χ2v) is 18.6. The highest BCUT2D eigenvalue weighted by atomic mass is 16.5. The number of hydrogen-bond donors (Lipinski definition) is 0. The van der Waals surface area contributed by atoms with Gasteiger partial charge in [0.25, 0.3) is 0 Å². The van der Waals surface area contributed by atoms with Gasteiger partial charge >= 0.3 is 5.97 Å². The lowest BCUT2D eigenvalue weighted by Gasteiger charge is -2.58. The van der Waals surface area contributed by atoms with E-state index in [9.17, 15) is 4.79 Å². The predicted molar refractivity (Wildman–Crippen MR) is 202 cm³/mol. The molecule has 0 aromatic heterocycles. The van der Waals surface area contributed by atoms with Crippen LogP contribution in [0.5, 0.6) is 0 Å². The SMILES string of the molecule is CCCCCCCCCC(C(=O)OC1CC[C@@]2(C)C(=CCC3C2CC[C@@]2(C)C3CC[C@@H]2[C@H](C)CCCC(C)C)C1)C(C)CCCCC. The first-order chi connectivity index (χ1) is 22.5. The molecule has 0 aliphatic heterocycles. The maximum atomic E-state index is 13.9. The number of esters is 1. The molecule has 0 N–H and O–H groups in total. The molecule has 0 aromatic rings. The van der Waals surface area contributed by atoms with Crippen LogP contribution in [0.15, 0.2) is 11.6 Å². The number of ether oxygens (including phenoxy) is 1. The van der Waals surface area contributed by atoms with Gasteiger partial charge in [-0.1, -0.05) is 151 Å². The monoisotopic (exact) mass is 653 g/mol. The third-order valence-electron chi connectivity index (χ3n) is 14.9. The number of hydrogen-bond acceptors (Lipinski definition) is 2. The van der Waals surface area contributed by atoms with Crippen LogP contribution in [0.3, 0.4) is 0 Å². The molecule has 0 radical (unpaired) electrons. The summed E-state index contributed by atoms with van der Waals surface area (Å²) in [4.78, 5) is 13.9. The van der Waals surface area contributed by atoms with Crippen molar-refractivity contribution >= 4 is 5.97 Å². The number of carbonyl (C=O) groups is 1. The molecule has 272 valence electrons. The van der Waals surface area contributed by atoms with Crippen LogP contribution in [0, 0.1) is 58.2 Å². The highest BCUT2D eigenvalue weighted by Gasteiger charge is 2.59. The highest BCUT2D eigenvalue weighted by molar-refractivity contribution is 5.73. The number of allylic oxidation sites excluding steroid dienone is 1. The van der Waals surface area contributed by atoms with Gasteiger partial charge in [-0.2, -0.15) is 0 Å². The van der Waals surface area contributed by atoms with Crippen molar-refractivity contribution in [2.45, 2.75) is 209 Å². The molecule has 4 aliphatic rings. The lowest BCUT2D eigenvalue weighted by atomic mass is 9.47. The van der Waals surface area contributed by atoms with Crippen molar-refractivity contribution in [2.24, 2.45) is 58.2 Å². The van der Waals surface area contributed by atoms with Gasteiger partial charge in [-0.25, -0.2) is 0 Å². The topological polar surface area (TPSA) is 26.3 Å². The molecule has 0 aromatic carbocycles. The van der Waals surface area contributed by atoms with Crippen LogP contribution in [0.4, 0.5) is 0 Å². The molecule has 0 amide bonds. The zero-order chi connectivity index (χ0) is 34.0. The maximum Gasteiger partial charge on any atom is 0.309 e. The van der Waals surface area contributed by atoms with E-state index in [4.69, 9.17) is 4.74 Å². The molecule has 10 atom stereocenters. The fourth-order valence-corrected chi connectivity index (χ4v) is 11.9. The molecule has 0 bridgehead atoms. The molecular formula is C45H80O2. The third-order valence-corrected chi connectivity index (χ3v) is 14.9. The Morgan fingerprint density at radius 1 is 0.766 bits per heavy atom. The van der Waals surface area contributed by atoms with E-state index in [0.717, 1.165) is 54.8 Å². The van der Waals surface area contributed by atoms with Crippen LogP contribution in [-0.2, 0) is 9.53 Å². The van der Waals surface area contributed by atoms with Gasteiger partial charge in [0.2, 0.25) is 0 Å². The highest BCUT2D eigenvalue weighted by Crippen LogP contribution is 2.67. The van der Waals surface area contributed by atoms with Crippen molar-refractivity contribution in [2.75, 3.05) is 0 Å². The fraction of sp³-hybridized carbons (Fsp3) is 0.933. The number of rotatable bonds is 20. The summed E-state index contributed by atoms with van der Waals surface area (Å²) in [6.07, 6.45) is 32.5. The smallest absolute Gasteiger partial charge is 0.309 e. The summed E-state index contributed by atoms with van der Waals surface area (Å²) in [5.41, 5.74) is 2.52. The summed E-state index contributed by atoms with van der Waals surface area (Å²) in [6.45, 7) is 19.6. The Kier molecular flexibility index (Phi) is 15.3. The van der Waals surface area contributed by atoms with Crippen LogP contribution >= 0.6 is 0 Å². The van der Waals surface area contributed by atoms with E-state index >= 15 is 0 Å². The molecule has 4 rings (SSSR count). The minimum Gasteiger partial charge on any atom is -0.462 e. The van der Waals surface area contributed by atoms with Gasteiger partial charge in [0, 0.05) is 6.42 Å². The summed E-state index contributed by atoms with van der Waals surface area (Å²) in [7, 11) is 0. The molecule has 2 nitrogen and oxygen atoms in total. The number of carbonyl (C=O) groups excluding carboxylic acids is 1. The number of fused-ring (bicyclic) bond motifs is 5. The van der Waals surface area contributed by atoms with Crippen molar-refractivity contribution in [3.63, 3.8) is 0 Å². The lowest BCUT2D eigenvalue weighted by molar-refractivity contribution is -0.158. The molecule has 3 saturated carbocycles. The summed E-state index contributed by atoms with van der Waals surface area (Å²) in [5.74, 6) is 5.89. The first-order valence-corrected chi connectivity index (χ1v) is 21.4. The normalized spacial score (nSPS) is 33.8. The Balaban J connectivity index is 1.35. The van der Waals surface area contributed by atoms with E-state index in [1.54, 1.807) is 5.57 Å². The zero-order valence-corrected chi connectivity index (χ0v) is 32.9. The minimum atomic E-state index is 0.0830. The quantitative estimate of drug-likeness (QED) is 0.0743. The van der Waals surface area contributed by atoms with E-state index in [0.29, 0.717) is 16.7 Å². The van der Waals surface area contributed by atoms with Gasteiger partial charge in [-0.05, 0) is 110 Å². The van der Waals surface area contributed by atoms with Gasteiger partial charge in [-0.15, -0.1) is 0 Å². The molecule has 2 heteroatoms. The van der Waals surface area contributed by atoms with Gasteiger partial charge < -0.3 is 4.74 Å². The second-order valence-electron chi connectivity index (χ2n) is 18.6. The zero-order valence-electron chi connectivity index (χ0n) is 32.9. The Hall–Kier alpha value is -0.790. The lowest BCUT2D eigenvalue weighted by Crippen LogP contribution is -2.51. The average molecular weight is 653 g/mol. The van der Waals surface area contributed by atoms with E-state index in [1.165, 1.54) is 128 Å². The molecule has 3 fully saturated rings. The molecule has 6 unspecified atom stereocenters. The molecule has 47 heavy (non-hydrogen) atoms. The van der Waals surface area contributed by atoms with Crippen LogP contribution in [-0.4, -0.2) is 12.1 Å². The Morgan fingerprint density at radius 2 is 1.45 bits per heavy atom. The molecular weight excluding hydrogens is 572 g/mol. The van der Waals surface area contributed by atoms with Crippen LogP contribution in [0.2, 0.25) is 0 Å². The van der Waals surface area contributed by atoms with Gasteiger partial charge in [0.15, 0.2) is 0 Å². The Labute approximate surface area is 293 Å². The van der Waals surface area contributed by atoms with E-state index < -0.39 is 0 Å². The maximum absolute atomic E-state index is 13.9. The van der Waals surface area contributed by atoms with Crippen molar-refractivity contribution in [1.82, 2.24) is 0 Å². The first kappa shape index (κ1) is 39.0. The third kappa shape index (κ3) is 9.72. The Bertz CT molecular complexity index is 965. The molecule has 4 aliphatic carbocycles. The van der Waals surface area contributed by atoms with Crippen LogP contribution < -0.4 is 0 Å². The number of unbranched alkanes of at least 4 members (excludes halogenated alkanes) is 8. The standard InChI is InChI=1S/C45H80O2/c1-9-11-13-14-15-16-18-23-38(34(5)21-17-12-10-2)43(46)47-37-28-30-44(7)36(32-37)24-25-39-41-27-26-40(35(6)22-19-20-33(3)4)45(41,8)31-29-42(39)44/h24,33-35,37-42H,9-23,25-32H2,1-8H3/t34?,35-,37?,38?,39?,40-,41?,42?,44+,45-/m1/s1.